The lowest BCUT2D eigenvalue weighted by atomic mass is 10.5. The fourth-order valence-electron chi connectivity index (χ4n) is 1.02. The van der Waals surface area contributed by atoms with Crippen molar-refractivity contribution >= 4 is 11.3 Å². The number of hydrogen-bond acceptors (Lipinski definition) is 5. The van der Waals surface area contributed by atoms with Crippen LogP contribution in [0.5, 0.6) is 0 Å². The Labute approximate surface area is 88.5 Å². The zero-order valence-corrected chi connectivity index (χ0v) is 9.35. The molecule has 0 fully saturated rings. The monoisotopic (exact) mass is 215 g/mol. The van der Waals surface area contributed by atoms with E-state index in [1.165, 1.54) is 0 Å². The highest BCUT2D eigenvalue weighted by molar-refractivity contribution is 7.11. The smallest absolute Gasteiger partial charge is 0.119 e. The van der Waals surface area contributed by atoms with E-state index in [9.17, 15) is 0 Å². The van der Waals surface area contributed by atoms with Crippen LogP contribution in [0.25, 0.3) is 0 Å². The molecular formula is C9H17N3OS. The Morgan fingerprint density at radius 3 is 2.57 bits per heavy atom. The Kier molecular flexibility index (Phi) is 5.66. The van der Waals surface area contributed by atoms with E-state index in [0.29, 0.717) is 6.54 Å². The summed E-state index contributed by atoms with van der Waals surface area (Å²) in [6.45, 7) is 4.31. The first kappa shape index (κ1) is 11.6. The normalized spacial score (nSPS) is 10.7. The van der Waals surface area contributed by atoms with Gasteiger partial charge in [-0.05, 0) is 13.0 Å². The quantitative estimate of drug-likeness (QED) is 0.690. The molecule has 0 spiro atoms. The molecule has 0 aliphatic rings. The van der Waals surface area contributed by atoms with Crippen LogP contribution in [0.4, 0.5) is 0 Å². The summed E-state index contributed by atoms with van der Waals surface area (Å²) in [4.78, 5) is 0. The van der Waals surface area contributed by atoms with E-state index in [-0.39, 0.29) is 0 Å². The summed E-state index contributed by atoms with van der Waals surface area (Å²) in [6, 6.07) is 0. The van der Waals surface area contributed by atoms with Crippen molar-refractivity contribution in [3.63, 3.8) is 0 Å². The van der Waals surface area contributed by atoms with Gasteiger partial charge in [-0.2, -0.15) is 0 Å². The molecule has 0 unspecified atom stereocenters. The minimum atomic E-state index is 0.640. The van der Waals surface area contributed by atoms with Gasteiger partial charge in [0.25, 0.3) is 0 Å². The molecule has 0 aliphatic heterocycles. The van der Waals surface area contributed by atoms with Gasteiger partial charge in [0.2, 0.25) is 0 Å². The Balaban J connectivity index is 2.22. The van der Waals surface area contributed by atoms with Crippen molar-refractivity contribution in [2.45, 2.75) is 26.2 Å². The van der Waals surface area contributed by atoms with E-state index >= 15 is 0 Å². The summed E-state index contributed by atoms with van der Waals surface area (Å²) in [7, 11) is 0. The van der Waals surface area contributed by atoms with Gasteiger partial charge in [-0.15, -0.1) is 21.5 Å². The van der Waals surface area contributed by atoms with Crippen LogP contribution in [-0.4, -0.2) is 30.0 Å². The second kappa shape index (κ2) is 6.86. The number of aromatic nitrogens is 2. The molecule has 0 amide bonds. The molecule has 5 heteroatoms. The maximum Gasteiger partial charge on any atom is 0.119 e. The number of nitrogens with zero attached hydrogens (tertiary/aromatic N) is 2. The third-order valence-corrected chi connectivity index (χ3v) is 2.72. The lowest BCUT2D eigenvalue weighted by Crippen LogP contribution is -2.01. The lowest BCUT2D eigenvalue weighted by Gasteiger charge is -1.98. The van der Waals surface area contributed by atoms with Crippen molar-refractivity contribution in [1.82, 2.24) is 10.2 Å². The van der Waals surface area contributed by atoms with Crippen LogP contribution in [0.1, 0.15) is 23.4 Å². The van der Waals surface area contributed by atoms with Gasteiger partial charge in [-0.1, -0.05) is 6.92 Å². The van der Waals surface area contributed by atoms with Crippen LogP contribution >= 0.6 is 11.3 Å². The fraction of sp³-hybridized carbons (Fsp3) is 0.778. The average Bonchev–Trinajstić information content (AvgIpc) is 2.61. The molecule has 14 heavy (non-hydrogen) atoms. The average molecular weight is 215 g/mol. The number of nitrogens with two attached hydrogens (primary N) is 1. The molecule has 0 bridgehead atoms. The van der Waals surface area contributed by atoms with Crippen LogP contribution in [0.15, 0.2) is 0 Å². The Morgan fingerprint density at radius 1 is 1.21 bits per heavy atom. The van der Waals surface area contributed by atoms with Gasteiger partial charge in [0.1, 0.15) is 10.0 Å². The fourth-order valence-corrected chi connectivity index (χ4v) is 1.86. The van der Waals surface area contributed by atoms with Crippen LogP contribution < -0.4 is 5.73 Å². The SMILES string of the molecule is CCCOCCc1nnc(CCN)s1. The van der Waals surface area contributed by atoms with Crippen molar-refractivity contribution in [2.75, 3.05) is 19.8 Å². The lowest BCUT2D eigenvalue weighted by molar-refractivity contribution is 0.138. The molecule has 0 saturated heterocycles. The first-order chi connectivity index (χ1) is 6.86. The van der Waals surface area contributed by atoms with Crippen molar-refractivity contribution in [3.8, 4) is 0 Å². The maximum atomic E-state index is 5.42. The second-order valence-corrected chi connectivity index (χ2v) is 4.14. The van der Waals surface area contributed by atoms with E-state index in [4.69, 9.17) is 10.5 Å². The van der Waals surface area contributed by atoms with E-state index in [2.05, 4.69) is 17.1 Å². The molecule has 0 aromatic carbocycles. The largest absolute Gasteiger partial charge is 0.381 e. The summed E-state index contributed by atoms with van der Waals surface area (Å²) in [5, 5.41) is 10.2. The Morgan fingerprint density at radius 2 is 1.93 bits per heavy atom. The highest BCUT2D eigenvalue weighted by Crippen LogP contribution is 2.10. The van der Waals surface area contributed by atoms with Crippen LogP contribution in [0.3, 0.4) is 0 Å². The van der Waals surface area contributed by atoms with Gasteiger partial charge < -0.3 is 10.5 Å². The number of hydrogen-bond donors (Lipinski definition) is 1. The molecule has 1 rings (SSSR count). The topological polar surface area (TPSA) is 61.0 Å². The molecular weight excluding hydrogens is 198 g/mol. The molecule has 0 atom stereocenters. The summed E-state index contributed by atoms with van der Waals surface area (Å²) in [5.41, 5.74) is 5.42. The van der Waals surface area contributed by atoms with Crippen molar-refractivity contribution in [3.05, 3.63) is 10.0 Å². The molecule has 4 nitrogen and oxygen atoms in total. The Bertz CT molecular complexity index is 252. The summed E-state index contributed by atoms with van der Waals surface area (Å²) >= 11 is 1.63. The molecule has 1 aromatic rings. The Hall–Kier alpha value is -0.520. The van der Waals surface area contributed by atoms with E-state index in [1.54, 1.807) is 11.3 Å². The van der Waals surface area contributed by atoms with Gasteiger partial charge in [0.15, 0.2) is 0 Å². The summed E-state index contributed by atoms with van der Waals surface area (Å²) in [5.74, 6) is 0. The zero-order valence-electron chi connectivity index (χ0n) is 8.53. The molecule has 0 aliphatic carbocycles. The van der Waals surface area contributed by atoms with Gasteiger partial charge in [-0.3, -0.25) is 0 Å². The van der Waals surface area contributed by atoms with Gasteiger partial charge in [-0.25, -0.2) is 0 Å². The molecule has 0 radical (unpaired) electrons. The first-order valence-corrected chi connectivity index (χ1v) is 5.77. The predicted molar refractivity (Wildman–Crippen MR) is 57.5 cm³/mol. The number of rotatable bonds is 7. The summed E-state index contributed by atoms with van der Waals surface area (Å²) in [6.07, 6.45) is 2.75. The molecule has 80 valence electrons. The van der Waals surface area contributed by atoms with E-state index in [0.717, 1.165) is 42.5 Å². The highest BCUT2D eigenvalue weighted by atomic mass is 32.1. The van der Waals surface area contributed by atoms with E-state index in [1.807, 2.05) is 0 Å². The minimum Gasteiger partial charge on any atom is -0.381 e. The van der Waals surface area contributed by atoms with Gasteiger partial charge >= 0.3 is 0 Å². The third-order valence-electron chi connectivity index (χ3n) is 1.68. The highest BCUT2D eigenvalue weighted by Gasteiger charge is 2.02. The van der Waals surface area contributed by atoms with Crippen LogP contribution in [0, 0.1) is 0 Å². The van der Waals surface area contributed by atoms with Crippen LogP contribution in [0.2, 0.25) is 0 Å². The molecule has 0 saturated carbocycles. The predicted octanol–water partition coefficient (Wildman–Crippen LogP) is 1.01. The van der Waals surface area contributed by atoms with Gasteiger partial charge in [0.05, 0.1) is 6.61 Å². The standard InChI is InChI=1S/C9H17N3OS/c1-2-6-13-7-4-9-12-11-8(14-9)3-5-10/h2-7,10H2,1H3. The zero-order chi connectivity index (χ0) is 10.2. The van der Waals surface area contributed by atoms with Crippen molar-refractivity contribution in [2.24, 2.45) is 5.73 Å². The molecule has 2 N–H and O–H groups in total. The first-order valence-electron chi connectivity index (χ1n) is 4.96. The molecule has 1 heterocycles. The van der Waals surface area contributed by atoms with Crippen LogP contribution in [-0.2, 0) is 17.6 Å². The number of ether oxygens (including phenoxy) is 1. The minimum absolute atomic E-state index is 0.640. The van der Waals surface area contributed by atoms with Crippen molar-refractivity contribution in [1.29, 1.82) is 0 Å². The third kappa shape index (κ3) is 4.13. The van der Waals surface area contributed by atoms with Crippen molar-refractivity contribution < 1.29 is 4.74 Å². The molecule has 1 aromatic heterocycles. The van der Waals surface area contributed by atoms with E-state index < -0.39 is 0 Å². The summed E-state index contributed by atoms with van der Waals surface area (Å²) < 4.78 is 5.37. The second-order valence-electron chi connectivity index (χ2n) is 2.99. The van der Waals surface area contributed by atoms with Gasteiger partial charge in [0, 0.05) is 19.4 Å². The maximum absolute atomic E-state index is 5.42.